The first kappa shape index (κ1) is 70.6. The van der Waals surface area contributed by atoms with Gasteiger partial charge in [-0.1, -0.05) is 228 Å². The lowest BCUT2D eigenvalue weighted by Crippen LogP contribution is -2.41. The molecule has 24 aromatic rings. The fourth-order valence-corrected chi connectivity index (χ4v) is 17.1. The lowest BCUT2D eigenvalue weighted by Gasteiger charge is -2.32. The number of furan rings is 4. The van der Waals surface area contributed by atoms with Crippen LogP contribution < -0.4 is 5.46 Å². The first-order valence-corrected chi connectivity index (χ1v) is 40.6. The fraction of sp³-hybridized carbons (Fsp3) is 0.0588. The van der Waals surface area contributed by atoms with Crippen molar-refractivity contribution in [3.8, 4) is 79.5 Å². The molecule has 1 aliphatic rings. The van der Waals surface area contributed by atoms with Crippen LogP contribution in [0.15, 0.2) is 350 Å². The summed E-state index contributed by atoms with van der Waals surface area (Å²) in [6.07, 6.45) is 0. The Bertz CT molecular complexity index is 8160. The van der Waals surface area contributed by atoms with Gasteiger partial charge in [0.25, 0.3) is 0 Å². The monoisotopic (exact) mass is 1620 g/mol. The van der Waals surface area contributed by atoms with Gasteiger partial charge in [0.15, 0.2) is 46.1 Å². The van der Waals surface area contributed by atoms with Crippen LogP contribution >= 0.6 is 15.9 Å². The smallest absolute Gasteiger partial charge is 0.456 e. The molecule has 0 atom stereocenters. The molecule has 1 saturated heterocycles. The third-order valence-corrected chi connectivity index (χ3v) is 23.9. The lowest BCUT2D eigenvalue weighted by atomic mass is 9.78. The molecule has 120 heavy (non-hydrogen) atoms. The molecular weight excluding hydrogens is 1550 g/mol. The molecule has 570 valence electrons. The molecule has 0 aliphatic carbocycles. The van der Waals surface area contributed by atoms with Gasteiger partial charge in [0.05, 0.1) is 33.3 Å². The molecule has 1 aliphatic heterocycles. The van der Waals surface area contributed by atoms with Crippen LogP contribution in [0.5, 0.6) is 0 Å². The van der Waals surface area contributed by atoms with Gasteiger partial charge in [0.2, 0.25) is 0 Å². The summed E-state index contributed by atoms with van der Waals surface area (Å²) in [5.41, 5.74) is 22.5. The molecule has 0 bridgehead atoms. The minimum atomic E-state index is -0.431. The second-order valence-electron chi connectivity index (χ2n) is 31.3. The van der Waals surface area contributed by atoms with Gasteiger partial charge in [0.1, 0.15) is 55.8 Å². The molecule has 10 aromatic heterocycles. The largest absolute Gasteiger partial charge is 0.494 e. The molecule has 18 heteroatoms. The predicted molar refractivity (Wildman–Crippen MR) is 484 cm³/mol. The Morgan fingerprint density at radius 3 is 0.983 bits per heavy atom. The highest BCUT2D eigenvalue weighted by atomic mass is 79.9. The molecule has 0 spiro atoms. The number of para-hydroxylation sites is 4. The zero-order valence-electron chi connectivity index (χ0n) is 65.1. The van der Waals surface area contributed by atoms with E-state index in [1.54, 1.807) is 0 Å². The van der Waals surface area contributed by atoms with E-state index in [0.717, 1.165) is 197 Å². The van der Waals surface area contributed by atoms with Crippen molar-refractivity contribution in [2.75, 3.05) is 0 Å². The van der Waals surface area contributed by atoms with Crippen LogP contribution in [0.1, 0.15) is 27.7 Å². The maximum atomic E-state index is 6.65. The average Bonchev–Trinajstić information content (AvgIpc) is 1.55. The average molecular weight is 1620 g/mol. The molecular formula is C102H66BBrN10O6. The SMILES string of the molecule is Brc1ccc2oc3ccc(-c4nc(-c5ccccc5)nc(-c5ccccc5)n4)cc3c2c1.CC1(C)OB(c2ccc3oc4c5ccccc5c5nc6ccccc6n5c4c3c2)OC1(C)C.c1ccc(-c2nc(-c3ccccc3)nc(-c3ccc4oc5ccc(-c6ccc7oc8c9ccccc9c9nc%10ccccc%10n9c8c7c6)cc5c4c3)n2)cc1. The maximum absolute atomic E-state index is 6.65. The number of benzene rings is 14. The van der Waals surface area contributed by atoms with Crippen LogP contribution in [0.2, 0.25) is 0 Å². The minimum absolute atomic E-state index is 0.394. The summed E-state index contributed by atoms with van der Waals surface area (Å²) < 4.78 is 43.6. The van der Waals surface area contributed by atoms with E-state index in [4.69, 9.17) is 66.8 Å². The van der Waals surface area contributed by atoms with E-state index in [1.165, 1.54) is 0 Å². The quantitative estimate of drug-likeness (QED) is 0.131. The first-order chi connectivity index (χ1) is 58.8. The standard InChI is InChI=1S/C48H27N5O2.C27H23BN2O3.C27H16BrN3O/c1-3-11-28(12-4-1)45-50-46(29-13-5-2-6-14-29)52-47(51-45)32-21-24-41-36(27-32)35-25-30(19-22-40(35)54-41)31-20-23-42-37(26-31)43-44(55-42)33-15-7-8-16-34(33)48-49-38-17-9-10-18-39(38)53(43)48;1-26(2)27(3,4)33-28(32-26)16-13-14-22-19(15-16)23-24(31-22)17-9-5-6-10-18(17)25-29-20-11-7-8-12-21(20)30(23)25;28-20-12-14-24-22(16-20)21-15-19(11-13-23(21)32-24)27-30-25(17-7-3-1-4-8-17)29-26(31-27)18-9-5-2-6-10-18/h1-27H;5-15H,1-4H3;1-16H. The number of hydrogen-bond acceptors (Lipinski definition) is 14. The number of imidazole rings is 2. The van der Waals surface area contributed by atoms with E-state index < -0.39 is 18.3 Å². The predicted octanol–water partition coefficient (Wildman–Crippen LogP) is 25.7. The van der Waals surface area contributed by atoms with Crippen LogP contribution in [0.3, 0.4) is 0 Å². The molecule has 11 heterocycles. The molecule has 1 fully saturated rings. The van der Waals surface area contributed by atoms with Gasteiger partial charge in [-0.3, -0.25) is 8.80 Å². The highest BCUT2D eigenvalue weighted by Gasteiger charge is 2.52. The molecule has 0 saturated carbocycles. The number of rotatable bonds is 8. The van der Waals surface area contributed by atoms with Gasteiger partial charge in [-0.25, -0.2) is 39.9 Å². The molecule has 0 unspecified atom stereocenters. The number of pyridine rings is 2. The van der Waals surface area contributed by atoms with E-state index in [-0.39, 0.29) is 0 Å². The first-order valence-electron chi connectivity index (χ1n) is 39.8. The maximum Gasteiger partial charge on any atom is 0.494 e. The summed E-state index contributed by atoms with van der Waals surface area (Å²) in [7, 11) is -0.431. The Labute approximate surface area is 692 Å². The van der Waals surface area contributed by atoms with Crippen LogP contribution in [-0.4, -0.2) is 67.0 Å². The summed E-state index contributed by atoms with van der Waals surface area (Å²) in [6, 6.07) is 111. The second kappa shape index (κ2) is 27.7. The molecule has 0 amide bonds. The highest BCUT2D eigenvalue weighted by molar-refractivity contribution is 9.10. The van der Waals surface area contributed by atoms with E-state index in [9.17, 15) is 0 Å². The van der Waals surface area contributed by atoms with Gasteiger partial charge in [0, 0.05) is 91.7 Å². The third kappa shape index (κ3) is 11.8. The number of hydrogen-bond donors (Lipinski definition) is 0. The Kier molecular flexibility index (Phi) is 16.3. The van der Waals surface area contributed by atoms with Crippen molar-refractivity contribution in [1.29, 1.82) is 0 Å². The summed E-state index contributed by atoms with van der Waals surface area (Å²) in [4.78, 5) is 39.3. The number of nitrogens with zero attached hydrogens (tertiary/aromatic N) is 10. The molecule has 14 aromatic carbocycles. The summed E-state index contributed by atoms with van der Waals surface area (Å²) in [5.74, 6) is 3.77. The van der Waals surface area contributed by atoms with Crippen LogP contribution in [-0.2, 0) is 9.31 Å². The summed E-state index contributed by atoms with van der Waals surface area (Å²) in [6.45, 7) is 8.30. The summed E-state index contributed by atoms with van der Waals surface area (Å²) in [5, 5.41) is 10.4. The normalized spacial score (nSPS) is 13.4. The van der Waals surface area contributed by atoms with Gasteiger partial charge in [-0.15, -0.1) is 0 Å². The fourth-order valence-electron chi connectivity index (χ4n) is 16.8. The van der Waals surface area contributed by atoms with Crippen molar-refractivity contribution in [1.82, 2.24) is 48.7 Å². The lowest BCUT2D eigenvalue weighted by molar-refractivity contribution is 0.00578. The Morgan fingerprint density at radius 2 is 0.567 bits per heavy atom. The number of aromatic nitrogens is 10. The topological polar surface area (TPSA) is 183 Å². The van der Waals surface area contributed by atoms with Crippen molar-refractivity contribution in [3.63, 3.8) is 0 Å². The Balaban J connectivity index is 0.000000111. The second-order valence-corrected chi connectivity index (χ2v) is 32.2. The minimum Gasteiger partial charge on any atom is -0.456 e. The Morgan fingerprint density at radius 1 is 0.258 bits per heavy atom. The van der Waals surface area contributed by atoms with Gasteiger partial charge < -0.3 is 27.0 Å². The van der Waals surface area contributed by atoms with Gasteiger partial charge in [-0.2, -0.15) is 0 Å². The van der Waals surface area contributed by atoms with Crippen molar-refractivity contribution >= 4 is 171 Å². The third-order valence-electron chi connectivity index (χ3n) is 23.4. The van der Waals surface area contributed by atoms with Crippen LogP contribution in [0, 0.1) is 0 Å². The van der Waals surface area contributed by atoms with Crippen LogP contribution in [0.25, 0.3) is 222 Å². The summed E-state index contributed by atoms with van der Waals surface area (Å²) >= 11 is 3.56. The van der Waals surface area contributed by atoms with Crippen molar-refractivity contribution in [2.45, 2.75) is 38.9 Å². The molecule has 0 radical (unpaired) electrons. The number of fused-ring (bicyclic) bond motifs is 26. The van der Waals surface area contributed by atoms with E-state index >= 15 is 0 Å². The zero-order chi connectivity index (χ0) is 80.1. The van der Waals surface area contributed by atoms with E-state index in [0.29, 0.717) is 34.9 Å². The highest BCUT2D eigenvalue weighted by Crippen LogP contribution is 2.45. The number of halogens is 1. The van der Waals surface area contributed by atoms with Crippen molar-refractivity contribution in [2.24, 2.45) is 0 Å². The molecule has 16 nitrogen and oxygen atoms in total. The van der Waals surface area contributed by atoms with E-state index in [2.05, 4.69) is 186 Å². The molecule has 0 N–H and O–H groups in total. The van der Waals surface area contributed by atoms with E-state index in [1.807, 2.05) is 194 Å². The van der Waals surface area contributed by atoms with Crippen molar-refractivity contribution in [3.05, 3.63) is 332 Å². The van der Waals surface area contributed by atoms with Gasteiger partial charge >= 0.3 is 7.12 Å². The van der Waals surface area contributed by atoms with Crippen LogP contribution in [0.4, 0.5) is 0 Å². The Hall–Kier alpha value is -14.8. The van der Waals surface area contributed by atoms with Gasteiger partial charge in [-0.05, 0) is 160 Å². The zero-order valence-corrected chi connectivity index (χ0v) is 66.6. The van der Waals surface area contributed by atoms with Crippen molar-refractivity contribution < 1.29 is 27.0 Å². The molecule has 25 rings (SSSR count).